The van der Waals surface area contributed by atoms with Crippen LogP contribution in [-0.4, -0.2) is 28.8 Å². The summed E-state index contributed by atoms with van der Waals surface area (Å²) in [4.78, 5) is 34.5. The van der Waals surface area contributed by atoms with E-state index in [1.165, 1.54) is 7.11 Å². The summed E-state index contributed by atoms with van der Waals surface area (Å²) >= 11 is 0. The minimum Gasteiger partial charge on any atom is -0.469 e. The number of ether oxygens (including phenoxy) is 1. The maximum atomic E-state index is 12.1. The topological polar surface area (TPSA) is 104 Å². The zero-order chi connectivity index (χ0) is 14.7. The quantitative estimate of drug-likeness (QED) is 0.764. The van der Waals surface area contributed by atoms with E-state index in [1.807, 2.05) is 0 Å². The number of nitrogens with two attached hydrogens (primary N) is 1. The molecule has 0 aliphatic carbocycles. The fourth-order valence-corrected chi connectivity index (χ4v) is 1.90. The molecular weight excluding hydrogens is 262 g/mol. The molecule has 0 saturated heterocycles. The number of carbonyl (C=O) groups excluding carboxylic acids is 2. The van der Waals surface area contributed by atoms with Gasteiger partial charge in [0.1, 0.15) is 6.54 Å². The van der Waals surface area contributed by atoms with Gasteiger partial charge in [0.25, 0.3) is 5.56 Å². The SMILES string of the molecule is COC(=O)Cc1nn(CC(N)=O)c(=O)c2ccccc12. The molecule has 2 N–H and O–H groups in total. The molecule has 20 heavy (non-hydrogen) atoms. The molecule has 7 nitrogen and oxygen atoms in total. The van der Waals surface area contributed by atoms with E-state index in [4.69, 9.17) is 5.73 Å². The number of amides is 1. The molecule has 0 unspecified atom stereocenters. The van der Waals surface area contributed by atoms with Crippen LogP contribution in [0.5, 0.6) is 0 Å². The largest absolute Gasteiger partial charge is 0.469 e. The van der Waals surface area contributed by atoms with Gasteiger partial charge in [-0.15, -0.1) is 0 Å². The Kier molecular flexibility index (Phi) is 3.79. The van der Waals surface area contributed by atoms with E-state index in [0.717, 1.165) is 4.68 Å². The summed E-state index contributed by atoms with van der Waals surface area (Å²) in [6.07, 6.45) is -0.0872. The summed E-state index contributed by atoms with van der Waals surface area (Å²) in [5, 5.41) is 4.97. The van der Waals surface area contributed by atoms with Crippen molar-refractivity contribution < 1.29 is 14.3 Å². The average Bonchev–Trinajstić information content (AvgIpc) is 2.43. The van der Waals surface area contributed by atoms with Gasteiger partial charge >= 0.3 is 5.97 Å². The van der Waals surface area contributed by atoms with Gasteiger partial charge in [0.05, 0.1) is 24.6 Å². The van der Waals surface area contributed by atoms with Crippen LogP contribution in [0.4, 0.5) is 0 Å². The fourth-order valence-electron chi connectivity index (χ4n) is 1.90. The van der Waals surface area contributed by atoms with Crippen molar-refractivity contribution in [3.63, 3.8) is 0 Å². The van der Waals surface area contributed by atoms with Gasteiger partial charge in [0, 0.05) is 5.39 Å². The van der Waals surface area contributed by atoms with E-state index in [-0.39, 0.29) is 13.0 Å². The molecule has 0 saturated carbocycles. The molecule has 1 amide bonds. The smallest absolute Gasteiger partial charge is 0.311 e. The fraction of sp³-hybridized carbons (Fsp3) is 0.231. The molecule has 0 aliphatic heterocycles. The second kappa shape index (κ2) is 5.52. The van der Waals surface area contributed by atoms with Crippen molar-refractivity contribution in [2.75, 3.05) is 7.11 Å². The highest BCUT2D eigenvalue weighted by molar-refractivity contribution is 5.87. The van der Waals surface area contributed by atoms with Gasteiger partial charge in [0.2, 0.25) is 5.91 Å². The van der Waals surface area contributed by atoms with Crippen LogP contribution in [-0.2, 0) is 27.3 Å². The molecular formula is C13H13N3O4. The van der Waals surface area contributed by atoms with Crippen LogP contribution >= 0.6 is 0 Å². The minimum atomic E-state index is -0.682. The molecule has 7 heteroatoms. The van der Waals surface area contributed by atoms with Gasteiger partial charge in [-0.05, 0) is 6.07 Å². The first-order valence-electron chi connectivity index (χ1n) is 5.86. The monoisotopic (exact) mass is 275 g/mol. The number of fused-ring (bicyclic) bond motifs is 1. The summed E-state index contributed by atoms with van der Waals surface area (Å²) in [6.45, 7) is -0.335. The van der Waals surface area contributed by atoms with Crippen molar-refractivity contribution in [2.24, 2.45) is 5.73 Å². The van der Waals surface area contributed by atoms with Gasteiger partial charge in [-0.25, -0.2) is 4.68 Å². The first kappa shape index (κ1) is 13.7. The Morgan fingerprint density at radius 2 is 1.95 bits per heavy atom. The predicted molar refractivity (Wildman–Crippen MR) is 70.9 cm³/mol. The highest BCUT2D eigenvalue weighted by Crippen LogP contribution is 2.14. The number of aromatic nitrogens is 2. The van der Waals surface area contributed by atoms with Crippen LogP contribution in [0.3, 0.4) is 0 Å². The summed E-state index contributed by atoms with van der Waals surface area (Å²) in [7, 11) is 1.27. The van der Waals surface area contributed by atoms with Crippen LogP contribution in [0.25, 0.3) is 10.8 Å². The third-order valence-electron chi connectivity index (χ3n) is 2.79. The van der Waals surface area contributed by atoms with Crippen molar-refractivity contribution in [2.45, 2.75) is 13.0 Å². The summed E-state index contributed by atoms with van der Waals surface area (Å²) in [5.74, 6) is -1.16. The molecule has 1 aromatic carbocycles. The van der Waals surface area contributed by atoms with Gasteiger partial charge < -0.3 is 10.5 Å². The van der Waals surface area contributed by atoms with Gasteiger partial charge in [-0.3, -0.25) is 14.4 Å². The normalized spacial score (nSPS) is 10.4. The Hall–Kier alpha value is -2.70. The number of methoxy groups -OCH3 is 1. The van der Waals surface area contributed by atoms with E-state index in [9.17, 15) is 14.4 Å². The molecule has 1 aromatic heterocycles. The van der Waals surface area contributed by atoms with Crippen molar-refractivity contribution >= 4 is 22.6 Å². The van der Waals surface area contributed by atoms with E-state index < -0.39 is 17.4 Å². The number of rotatable bonds is 4. The average molecular weight is 275 g/mol. The Labute approximate surface area is 113 Å². The van der Waals surface area contributed by atoms with Gasteiger partial charge in [-0.2, -0.15) is 5.10 Å². The highest BCUT2D eigenvalue weighted by Gasteiger charge is 2.14. The summed E-state index contributed by atoms with van der Waals surface area (Å²) < 4.78 is 5.56. The lowest BCUT2D eigenvalue weighted by Crippen LogP contribution is -2.31. The van der Waals surface area contributed by atoms with Crippen LogP contribution in [0.15, 0.2) is 29.1 Å². The highest BCUT2D eigenvalue weighted by atomic mass is 16.5. The number of esters is 1. The van der Waals surface area contributed by atoms with Crippen LogP contribution in [0.2, 0.25) is 0 Å². The molecule has 104 valence electrons. The molecule has 2 rings (SSSR count). The van der Waals surface area contributed by atoms with Crippen molar-refractivity contribution in [3.05, 3.63) is 40.3 Å². The maximum absolute atomic E-state index is 12.1. The minimum absolute atomic E-state index is 0.0872. The number of carbonyl (C=O) groups is 2. The second-order valence-electron chi connectivity index (χ2n) is 4.17. The van der Waals surface area contributed by atoms with E-state index in [0.29, 0.717) is 16.5 Å². The number of hydrogen-bond acceptors (Lipinski definition) is 5. The Morgan fingerprint density at radius 1 is 1.30 bits per heavy atom. The van der Waals surface area contributed by atoms with Gasteiger partial charge in [-0.1, -0.05) is 18.2 Å². The number of nitrogens with zero attached hydrogens (tertiary/aromatic N) is 2. The number of hydrogen-bond donors (Lipinski definition) is 1. The molecule has 0 atom stereocenters. The standard InChI is InChI=1S/C13H13N3O4/c1-20-12(18)6-10-8-4-2-3-5-9(8)13(19)16(15-10)7-11(14)17/h2-5H,6-7H2,1H3,(H2,14,17). The first-order valence-corrected chi connectivity index (χ1v) is 5.86. The van der Waals surface area contributed by atoms with Crippen molar-refractivity contribution in [1.29, 1.82) is 0 Å². The van der Waals surface area contributed by atoms with E-state index >= 15 is 0 Å². The van der Waals surface area contributed by atoms with Gasteiger partial charge in [0.15, 0.2) is 0 Å². The van der Waals surface area contributed by atoms with Crippen molar-refractivity contribution in [1.82, 2.24) is 9.78 Å². The third kappa shape index (κ3) is 2.66. The Bertz CT molecular complexity index is 736. The third-order valence-corrected chi connectivity index (χ3v) is 2.79. The lowest BCUT2D eigenvalue weighted by molar-refractivity contribution is -0.139. The molecule has 0 bridgehead atoms. The molecule has 2 aromatic rings. The lowest BCUT2D eigenvalue weighted by Gasteiger charge is -2.09. The first-order chi connectivity index (χ1) is 9.52. The molecule has 0 fully saturated rings. The lowest BCUT2D eigenvalue weighted by atomic mass is 10.1. The predicted octanol–water partition coefficient (Wildman–Crippen LogP) is -0.403. The zero-order valence-corrected chi connectivity index (χ0v) is 10.8. The van der Waals surface area contributed by atoms with Crippen LogP contribution < -0.4 is 11.3 Å². The second-order valence-corrected chi connectivity index (χ2v) is 4.17. The summed E-state index contributed by atoms with van der Waals surface area (Å²) in [6, 6.07) is 6.73. The Morgan fingerprint density at radius 3 is 2.55 bits per heavy atom. The number of benzene rings is 1. The van der Waals surface area contributed by atoms with E-state index in [2.05, 4.69) is 9.84 Å². The Balaban J connectivity index is 2.65. The van der Waals surface area contributed by atoms with Crippen molar-refractivity contribution in [3.8, 4) is 0 Å². The zero-order valence-electron chi connectivity index (χ0n) is 10.8. The molecule has 0 radical (unpaired) electrons. The molecule has 1 heterocycles. The maximum Gasteiger partial charge on any atom is 0.311 e. The van der Waals surface area contributed by atoms with Crippen LogP contribution in [0.1, 0.15) is 5.69 Å². The molecule has 0 aliphatic rings. The van der Waals surface area contributed by atoms with E-state index in [1.54, 1.807) is 24.3 Å². The molecule has 0 spiro atoms. The number of primary amides is 1. The summed E-state index contributed by atoms with van der Waals surface area (Å²) in [5.41, 5.74) is 5.03. The van der Waals surface area contributed by atoms with Crippen LogP contribution in [0, 0.1) is 0 Å².